The van der Waals surface area contributed by atoms with Crippen molar-refractivity contribution in [2.75, 3.05) is 19.6 Å². The maximum Gasteiger partial charge on any atom is 0.416 e. The average Bonchev–Trinajstić information content (AvgIpc) is 3.20. The summed E-state index contributed by atoms with van der Waals surface area (Å²) in [5.74, 6) is 0.357. The maximum absolute atomic E-state index is 13.4. The molecule has 2 aliphatic rings. The Bertz CT molecular complexity index is 1230. The van der Waals surface area contributed by atoms with Gasteiger partial charge in [0.1, 0.15) is 12.4 Å². The number of thioether (sulfide) groups is 1. The minimum atomic E-state index is -4.88. The summed E-state index contributed by atoms with van der Waals surface area (Å²) in [5, 5.41) is 18.0. The highest BCUT2D eigenvalue weighted by atomic mass is 32.2. The van der Waals surface area contributed by atoms with Crippen LogP contribution in [0.5, 0.6) is 0 Å². The van der Waals surface area contributed by atoms with Crippen LogP contribution in [0.15, 0.2) is 46.3 Å². The molecule has 0 spiro atoms. The third-order valence-electron chi connectivity index (χ3n) is 5.51. The summed E-state index contributed by atoms with van der Waals surface area (Å²) in [4.78, 5) is 37.3. The second-order valence-electron chi connectivity index (χ2n) is 8.41. The Morgan fingerprint density at radius 2 is 1.70 bits per heavy atom. The Labute approximate surface area is 228 Å². The van der Waals surface area contributed by atoms with Gasteiger partial charge < -0.3 is 15.5 Å². The molecule has 2 heterocycles. The number of carbonyl (C=O) groups is 3. The lowest BCUT2D eigenvalue weighted by Gasteiger charge is -2.31. The molecule has 3 N–H and O–H groups in total. The van der Waals surface area contributed by atoms with Gasteiger partial charge in [-0.15, -0.1) is 6.42 Å². The van der Waals surface area contributed by atoms with Gasteiger partial charge >= 0.3 is 24.3 Å². The number of piperidine rings is 1. The Morgan fingerprint density at radius 3 is 2.20 bits per heavy atom. The molecule has 216 valence electrons. The van der Waals surface area contributed by atoms with Gasteiger partial charge in [0, 0.05) is 18.7 Å². The fourth-order valence-corrected chi connectivity index (χ4v) is 4.54. The van der Waals surface area contributed by atoms with Gasteiger partial charge in [-0.3, -0.25) is 14.7 Å². The average molecular weight is 592 g/mol. The lowest BCUT2D eigenvalue weighted by molar-refractivity contribution is -0.143. The van der Waals surface area contributed by atoms with Crippen LogP contribution in [-0.4, -0.2) is 57.8 Å². The Kier molecular flexibility index (Phi) is 11.4. The quantitative estimate of drug-likeness (QED) is 0.242. The van der Waals surface area contributed by atoms with E-state index in [1.165, 1.54) is 0 Å². The number of amidine groups is 1. The topological polar surface area (TPSA) is 119 Å². The molecule has 15 heteroatoms. The number of allylic oxidation sites excluding steroid dienone is 1. The normalized spacial score (nSPS) is 18.9. The third kappa shape index (κ3) is 10.4. The first-order valence-electron chi connectivity index (χ1n) is 11.4. The molecule has 1 aromatic carbocycles. The summed E-state index contributed by atoms with van der Waals surface area (Å²) in [7, 11) is 0. The number of alkyl halides is 6. The molecule has 2 aliphatic heterocycles. The minimum Gasteiger partial charge on any atom is -0.478 e. The van der Waals surface area contributed by atoms with Gasteiger partial charge in [-0.05, 0) is 61.3 Å². The van der Waals surface area contributed by atoms with Crippen LogP contribution in [0.25, 0.3) is 0 Å². The van der Waals surface area contributed by atoms with E-state index in [-0.39, 0.29) is 35.9 Å². The van der Waals surface area contributed by atoms with Gasteiger partial charge in [0.25, 0.3) is 5.24 Å². The lowest BCUT2D eigenvalue weighted by atomic mass is 9.95. The number of carboxylic acid groups (broad SMARTS) is 2. The third-order valence-corrected chi connectivity index (χ3v) is 6.35. The van der Waals surface area contributed by atoms with E-state index in [1.807, 2.05) is 6.08 Å². The molecular formula is C25H23F6N3O5S. The molecule has 0 atom stereocenters. The van der Waals surface area contributed by atoms with E-state index in [0.717, 1.165) is 17.8 Å². The number of carbonyl (C=O) groups excluding carboxylic acids is 1. The predicted octanol–water partition coefficient (Wildman–Crippen LogP) is 5.02. The van der Waals surface area contributed by atoms with E-state index in [1.54, 1.807) is 4.90 Å². The van der Waals surface area contributed by atoms with E-state index in [2.05, 4.69) is 16.2 Å². The molecule has 2 saturated heterocycles. The number of nitrogens with zero attached hydrogens (tertiary/aromatic N) is 2. The van der Waals surface area contributed by atoms with Gasteiger partial charge in [0.2, 0.25) is 0 Å². The molecule has 1 amide bonds. The number of hydrogen-bond acceptors (Lipinski definition) is 6. The molecule has 0 bridgehead atoms. The Morgan fingerprint density at radius 1 is 1.10 bits per heavy atom. The van der Waals surface area contributed by atoms with Crippen LogP contribution in [0.1, 0.15) is 29.5 Å². The number of aliphatic carboxylic acids is 2. The molecule has 0 aromatic heterocycles. The Balaban J connectivity index is 0.000000611. The van der Waals surface area contributed by atoms with Crippen LogP contribution in [0.3, 0.4) is 0 Å². The highest BCUT2D eigenvalue weighted by molar-refractivity contribution is 8.18. The van der Waals surface area contributed by atoms with E-state index in [9.17, 15) is 40.7 Å². The van der Waals surface area contributed by atoms with Gasteiger partial charge in [-0.1, -0.05) is 18.1 Å². The number of carboxylic acids is 2. The predicted molar refractivity (Wildman–Crippen MR) is 134 cm³/mol. The van der Waals surface area contributed by atoms with Crippen LogP contribution in [-0.2, 0) is 28.5 Å². The van der Waals surface area contributed by atoms with Gasteiger partial charge in [0.15, 0.2) is 0 Å². The zero-order chi connectivity index (χ0) is 30.1. The summed E-state index contributed by atoms with van der Waals surface area (Å²) >= 11 is 1.01. The number of amides is 1. The van der Waals surface area contributed by atoms with E-state index < -0.39 is 35.4 Å². The fourth-order valence-electron chi connectivity index (χ4n) is 3.72. The molecule has 0 aliphatic carbocycles. The summed E-state index contributed by atoms with van der Waals surface area (Å²) in [6.45, 7) is 0.964. The van der Waals surface area contributed by atoms with Crippen molar-refractivity contribution in [3.05, 3.63) is 58.0 Å². The SMILES string of the molecule is C#CCN=C1NC(=O)S/C1=C\C1CCN(Cc2ccc(C(F)(F)F)cc2C(F)(F)F)CC1.O=C(O)/C=C/C(=O)O. The fraction of sp³-hybridized carbons (Fsp3) is 0.360. The first-order chi connectivity index (χ1) is 18.6. The molecule has 2 fully saturated rings. The Hall–Kier alpha value is -3.77. The molecule has 0 radical (unpaired) electrons. The molecule has 3 rings (SSSR count). The molecule has 40 heavy (non-hydrogen) atoms. The summed E-state index contributed by atoms with van der Waals surface area (Å²) in [5.41, 5.74) is -2.77. The van der Waals surface area contributed by atoms with Crippen molar-refractivity contribution in [2.24, 2.45) is 10.9 Å². The molecule has 1 aromatic rings. The number of likely N-dealkylation sites (tertiary alicyclic amines) is 1. The van der Waals surface area contributed by atoms with Crippen molar-refractivity contribution in [1.29, 1.82) is 0 Å². The van der Waals surface area contributed by atoms with Crippen molar-refractivity contribution >= 4 is 34.8 Å². The van der Waals surface area contributed by atoms with Crippen molar-refractivity contribution in [3.63, 3.8) is 0 Å². The second-order valence-corrected chi connectivity index (χ2v) is 9.42. The number of benzene rings is 1. The highest BCUT2D eigenvalue weighted by Gasteiger charge is 2.38. The first kappa shape index (κ1) is 32.4. The van der Waals surface area contributed by atoms with E-state index in [4.69, 9.17) is 16.6 Å². The number of nitrogens with one attached hydrogen (secondary N) is 1. The van der Waals surface area contributed by atoms with Crippen LogP contribution >= 0.6 is 11.8 Å². The smallest absolute Gasteiger partial charge is 0.416 e. The summed E-state index contributed by atoms with van der Waals surface area (Å²) < 4.78 is 78.6. The number of hydrogen-bond donors (Lipinski definition) is 3. The zero-order valence-corrected chi connectivity index (χ0v) is 21.4. The van der Waals surface area contributed by atoms with E-state index >= 15 is 0 Å². The van der Waals surface area contributed by atoms with Crippen molar-refractivity contribution in [2.45, 2.75) is 31.7 Å². The lowest BCUT2D eigenvalue weighted by Crippen LogP contribution is -2.33. The van der Waals surface area contributed by atoms with Gasteiger partial charge in [0.05, 0.1) is 16.0 Å². The van der Waals surface area contributed by atoms with Crippen molar-refractivity contribution < 1.29 is 50.9 Å². The van der Waals surface area contributed by atoms with Crippen LogP contribution < -0.4 is 5.32 Å². The van der Waals surface area contributed by atoms with E-state index in [0.29, 0.717) is 54.9 Å². The van der Waals surface area contributed by atoms with Crippen molar-refractivity contribution in [3.8, 4) is 12.3 Å². The molecule has 8 nitrogen and oxygen atoms in total. The first-order valence-corrected chi connectivity index (χ1v) is 12.2. The monoisotopic (exact) mass is 591 g/mol. The zero-order valence-electron chi connectivity index (χ0n) is 20.6. The van der Waals surface area contributed by atoms with Crippen LogP contribution in [0, 0.1) is 18.3 Å². The number of halogens is 6. The van der Waals surface area contributed by atoms with Gasteiger partial charge in [-0.2, -0.15) is 26.3 Å². The summed E-state index contributed by atoms with van der Waals surface area (Å²) in [6.07, 6.45) is -0.257. The number of terminal acetylenes is 1. The largest absolute Gasteiger partial charge is 0.478 e. The van der Waals surface area contributed by atoms with Crippen LogP contribution in [0.4, 0.5) is 31.1 Å². The molecule has 0 unspecified atom stereocenters. The molecular weight excluding hydrogens is 568 g/mol. The number of rotatable bonds is 6. The van der Waals surface area contributed by atoms with Crippen LogP contribution in [0.2, 0.25) is 0 Å². The maximum atomic E-state index is 13.4. The highest BCUT2D eigenvalue weighted by Crippen LogP contribution is 2.38. The van der Waals surface area contributed by atoms with Gasteiger partial charge in [-0.25, -0.2) is 9.59 Å². The molecule has 0 saturated carbocycles. The summed E-state index contributed by atoms with van der Waals surface area (Å²) in [6, 6.07) is 1.76. The minimum absolute atomic E-state index is 0.0900. The van der Waals surface area contributed by atoms with Crippen molar-refractivity contribution in [1.82, 2.24) is 10.2 Å². The standard InChI is InChI=1S/C21H19F6N3OS.C4H4O4/c1-2-7-28-18-17(32-19(31)29-18)10-13-5-8-30(9-6-13)12-14-3-4-15(20(22,23)24)11-16(14)21(25,26)27;5-3(6)1-2-4(7)8/h1,3-4,10-11,13H,5-9,12H2,(H,28,29,31);1-2H,(H,5,6)(H,7,8)/b17-10-;2-1+. The second kappa shape index (κ2) is 14.0. The number of aliphatic imine (C=N–C) groups is 1.